The van der Waals surface area contributed by atoms with Crippen LogP contribution in [0.1, 0.15) is 29.0 Å². The van der Waals surface area contributed by atoms with E-state index in [2.05, 4.69) is 33.4 Å². The summed E-state index contributed by atoms with van der Waals surface area (Å²) in [4.78, 5) is 23.2. The van der Waals surface area contributed by atoms with Crippen molar-refractivity contribution < 1.29 is 9.18 Å². The minimum Gasteiger partial charge on any atom is -0.347 e. The van der Waals surface area contributed by atoms with E-state index < -0.39 is 14.1 Å². The molecule has 2 aromatic heterocycles. The SMILES string of the molecule is Cc1nc2[nH]c(C(=O)NC3CCC[Si](C)(C)NC3)cc2c(F)c1Cl. The zero-order valence-electron chi connectivity index (χ0n) is 14.1. The van der Waals surface area contributed by atoms with Crippen molar-refractivity contribution >= 4 is 36.8 Å². The maximum Gasteiger partial charge on any atom is 0.268 e. The van der Waals surface area contributed by atoms with Crippen LogP contribution in [0.25, 0.3) is 11.0 Å². The van der Waals surface area contributed by atoms with Gasteiger partial charge in [0.25, 0.3) is 5.91 Å². The normalized spacial score (nSPS) is 20.8. The van der Waals surface area contributed by atoms with Gasteiger partial charge in [-0.2, -0.15) is 0 Å². The molecule has 8 heteroatoms. The highest BCUT2D eigenvalue weighted by Crippen LogP contribution is 2.26. The fraction of sp³-hybridized carbons (Fsp3) is 0.500. The van der Waals surface area contributed by atoms with Crippen molar-refractivity contribution in [3.8, 4) is 0 Å². The molecule has 3 rings (SSSR count). The van der Waals surface area contributed by atoms with E-state index in [4.69, 9.17) is 11.6 Å². The van der Waals surface area contributed by atoms with Gasteiger partial charge < -0.3 is 15.3 Å². The molecule has 1 saturated heterocycles. The average molecular weight is 369 g/mol. The van der Waals surface area contributed by atoms with Gasteiger partial charge in [0.05, 0.1) is 16.1 Å². The summed E-state index contributed by atoms with van der Waals surface area (Å²) in [5, 5.41) is 3.26. The van der Waals surface area contributed by atoms with Gasteiger partial charge in [0.15, 0.2) is 5.82 Å². The molecule has 1 atom stereocenters. The molecule has 5 nitrogen and oxygen atoms in total. The van der Waals surface area contributed by atoms with Crippen LogP contribution in [0.15, 0.2) is 6.07 Å². The Hall–Kier alpha value is -1.44. The Morgan fingerprint density at radius 3 is 3.00 bits per heavy atom. The molecule has 1 aliphatic heterocycles. The standard InChI is InChI=1S/C16H22ClFN4OSi/c1-9-13(17)14(18)11-7-12(22-15(11)20-9)16(23)21-10-5-4-6-24(2,3)19-8-10/h7,10,19H,4-6,8H2,1-3H3,(H,20,22)(H,21,23). The summed E-state index contributed by atoms with van der Waals surface area (Å²) in [6.07, 6.45) is 2.06. The van der Waals surface area contributed by atoms with Crippen molar-refractivity contribution in [3.05, 3.63) is 28.3 Å². The highest BCUT2D eigenvalue weighted by atomic mass is 35.5. The first-order valence-electron chi connectivity index (χ1n) is 8.17. The predicted octanol–water partition coefficient (Wildman–Crippen LogP) is 3.35. The van der Waals surface area contributed by atoms with Gasteiger partial charge in [0.1, 0.15) is 19.6 Å². The maximum absolute atomic E-state index is 14.2. The summed E-state index contributed by atoms with van der Waals surface area (Å²) in [5.74, 6) is -0.785. The first-order chi connectivity index (χ1) is 11.3. The second-order valence-corrected chi connectivity index (χ2v) is 12.1. The lowest BCUT2D eigenvalue weighted by Gasteiger charge is -2.22. The molecule has 0 aromatic carbocycles. The lowest BCUT2D eigenvalue weighted by molar-refractivity contribution is 0.0931. The van der Waals surface area contributed by atoms with Crippen LogP contribution in [0.3, 0.4) is 0 Å². The van der Waals surface area contributed by atoms with E-state index in [0.717, 1.165) is 19.4 Å². The summed E-state index contributed by atoms with van der Waals surface area (Å²) in [5.41, 5.74) is 1.04. The largest absolute Gasteiger partial charge is 0.347 e. The fourth-order valence-corrected chi connectivity index (χ4v) is 5.29. The summed E-state index contributed by atoms with van der Waals surface area (Å²) >= 11 is 5.89. The first-order valence-corrected chi connectivity index (χ1v) is 11.8. The molecule has 1 fully saturated rings. The van der Waals surface area contributed by atoms with E-state index in [9.17, 15) is 9.18 Å². The number of nitrogens with one attached hydrogen (secondary N) is 3. The monoisotopic (exact) mass is 368 g/mol. The van der Waals surface area contributed by atoms with Crippen molar-refractivity contribution in [2.45, 2.75) is 44.9 Å². The Labute approximate surface area is 146 Å². The minimum absolute atomic E-state index is 0.00591. The lowest BCUT2D eigenvalue weighted by atomic mass is 10.1. The number of hydrogen-bond donors (Lipinski definition) is 3. The number of H-pyrrole nitrogens is 1. The first kappa shape index (κ1) is 17.4. The third kappa shape index (κ3) is 3.48. The van der Waals surface area contributed by atoms with Crippen LogP contribution < -0.4 is 10.3 Å². The number of rotatable bonds is 2. The highest BCUT2D eigenvalue weighted by molar-refractivity contribution is 6.75. The van der Waals surface area contributed by atoms with Gasteiger partial charge >= 0.3 is 0 Å². The molecule has 0 aliphatic carbocycles. The predicted molar refractivity (Wildman–Crippen MR) is 96.6 cm³/mol. The zero-order chi connectivity index (χ0) is 17.5. The van der Waals surface area contributed by atoms with Crippen LogP contribution in [0.5, 0.6) is 0 Å². The van der Waals surface area contributed by atoms with Gasteiger partial charge in [-0.15, -0.1) is 0 Å². The maximum atomic E-state index is 14.2. The zero-order valence-corrected chi connectivity index (χ0v) is 15.9. The fourth-order valence-electron chi connectivity index (χ4n) is 3.08. The Morgan fingerprint density at radius 2 is 2.25 bits per heavy atom. The van der Waals surface area contributed by atoms with Gasteiger partial charge in [0, 0.05) is 12.6 Å². The van der Waals surface area contributed by atoms with E-state index >= 15 is 0 Å². The van der Waals surface area contributed by atoms with Crippen molar-refractivity contribution in [1.29, 1.82) is 0 Å². The van der Waals surface area contributed by atoms with Crippen LogP contribution in [-0.2, 0) is 0 Å². The molecule has 2 aromatic rings. The number of amides is 1. The Kier molecular flexibility index (Phi) is 4.68. The second-order valence-electron chi connectivity index (χ2n) is 7.10. The Bertz CT molecular complexity index is 792. The molecule has 1 amide bonds. The number of fused-ring (bicyclic) bond motifs is 1. The molecule has 130 valence electrons. The molecule has 0 bridgehead atoms. The van der Waals surface area contributed by atoms with E-state index in [-0.39, 0.29) is 22.4 Å². The molecular weight excluding hydrogens is 347 g/mol. The molecule has 0 radical (unpaired) electrons. The second kappa shape index (κ2) is 6.46. The number of aryl methyl sites for hydroxylation is 1. The number of hydrogen-bond acceptors (Lipinski definition) is 3. The summed E-state index contributed by atoms with van der Waals surface area (Å²) in [7, 11) is -1.34. The molecule has 3 N–H and O–H groups in total. The quantitative estimate of drug-likeness (QED) is 0.712. The van der Waals surface area contributed by atoms with Crippen molar-refractivity contribution in [2.24, 2.45) is 0 Å². The van der Waals surface area contributed by atoms with Crippen LogP contribution in [0.2, 0.25) is 24.2 Å². The molecule has 0 spiro atoms. The number of carbonyl (C=O) groups excluding carboxylic acids is 1. The Morgan fingerprint density at radius 1 is 1.50 bits per heavy atom. The lowest BCUT2D eigenvalue weighted by Crippen LogP contribution is -2.49. The van der Waals surface area contributed by atoms with E-state index in [1.54, 1.807) is 6.92 Å². The number of aromatic nitrogens is 2. The summed E-state index contributed by atoms with van der Waals surface area (Å²) in [6.45, 7) is 7.02. The number of halogens is 2. The average Bonchev–Trinajstić information content (AvgIpc) is 2.86. The van der Waals surface area contributed by atoms with E-state index in [1.165, 1.54) is 12.1 Å². The number of carbonyl (C=O) groups is 1. The van der Waals surface area contributed by atoms with Crippen molar-refractivity contribution in [3.63, 3.8) is 0 Å². The van der Waals surface area contributed by atoms with E-state index in [0.29, 0.717) is 17.0 Å². The molecule has 3 heterocycles. The Balaban J connectivity index is 1.78. The van der Waals surface area contributed by atoms with Gasteiger partial charge in [-0.1, -0.05) is 31.1 Å². The van der Waals surface area contributed by atoms with Gasteiger partial charge in [0.2, 0.25) is 0 Å². The third-order valence-electron chi connectivity index (χ3n) is 4.58. The van der Waals surface area contributed by atoms with Crippen molar-refractivity contribution in [1.82, 2.24) is 20.3 Å². The number of nitrogens with zero attached hydrogens (tertiary/aromatic N) is 1. The molecule has 1 aliphatic rings. The summed E-state index contributed by atoms with van der Waals surface area (Å²) < 4.78 is 14.2. The van der Waals surface area contributed by atoms with E-state index in [1.807, 2.05) is 0 Å². The summed E-state index contributed by atoms with van der Waals surface area (Å²) in [6, 6.07) is 2.76. The number of aromatic amines is 1. The molecule has 1 unspecified atom stereocenters. The minimum atomic E-state index is -1.34. The van der Waals surface area contributed by atoms with Crippen LogP contribution in [0, 0.1) is 12.7 Å². The molecule has 24 heavy (non-hydrogen) atoms. The van der Waals surface area contributed by atoms with Crippen LogP contribution >= 0.6 is 11.6 Å². The van der Waals surface area contributed by atoms with Crippen molar-refractivity contribution in [2.75, 3.05) is 6.54 Å². The smallest absolute Gasteiger partial charge is 0.268 e. The molecular formula is C16H22ClFN4OSi. The molecule has 0 saturated carbocycles. The van der Waals surface area contributed by atoms with Crippen LogP contribution in [0.4, 0.5) is 4.39 Å². The topological polar surface area (TPSA) is 69.8 Å². The number of pyridine rings is 1. The highest BCUT2D eigenvalue weighted by Gasteiger charge is 2.27. The van der Waals surface area contributed by atoms with Gasteiger partial charge in [-0.05, 0) is 25.5 Å². The van der Waals surface area contributed by atoms with Gasteiger partial charge in [-0.3, -0.25) is 4.79 Å². The third-order valence-corrected chi connectivity index (χ3v) is 7.79. The van der Waals surface area contributed by atoms with Crippen LogP contribution in [-0.4, -0.2) is 36.7 Å². The van der Waals surface area contributed by atoms with Gasteiger partial charge in [-0.25, -0.2) is 9.37 Å².